The molecule has 2 amide bonds. The lowest BCUT2D eigenvalue weighted by Gasteiger charge is -2.37. The maximum atomic E-state index is 12.3. The average molecular weight is 323 g/mol. The molecule has 0 aromatic carbocycles. The smallest absolute Gasteiger partial charge is 0.317 e. The fourth-order valence-electron chi connectivity index (χ4n) is 4.40. The van der Waals surface area contributed by atoms with Crippen LogP contribution in [0.5, 0.6) is 0 Å². The van der Waals surface area contributed by atoms with E-state index in [0.29, 0.717) is 12.6 Å². The number of aliphatic hydroxyl groups excluding tert-OH is 1. The first-order chi connectivity index (χ1) is 11.2. The van der Waals surface area contributed by atoms with Gasteiger partial charge in [-0.05, 0) is 44.4 Å². The van der Waals surface area contributed by atoms with Crippen molar-refractivity contribution in [1.82, 2.24) is 15.1 Å². The largest absolute Gasteiger partial charge is 0.391 e. The number of nitrogens with one attached hydrogen (secondary N) is 1. The third-order valence-electron chi connectivity index (χ3n) is 5.84. The summed E-state index contributed by atoms with van der Waals surface area (Å²) in [6, 6.07) is 0.332. The van der Waals surface area contributed by atoms with E-state index in [2.05, 4.69) is 10.2 Å². The van der Waals surface area contributed by atoms with E-state index in [4.69, 9.17) is 0 Å². The van der Waals surface area contributed by atoms with Gasteiger partial charge in [0.2, 0.25) is 0 Å². The summed E-state index contributed by atoms with van der Waals surface area (Å²) in [7, 11) is 0. The Kier molecular flexibility index (Phi) is 6.17. The predicted octanol–water partition coefficient (Wildman–Crippen LogP) is 2.20. The van der Waals surface area contributed by atoms with E-state index in [0.717, 1.165) is 51.2 Å². The minimum absolute atomic E-state index is 0.0227. The van der Waals surface area contributed by atoms with Crippen molar-refractivity contribution in [3.8, 4) is 0 Å². The molecule has 3 fully saturated rings. The Morgan fingerprint density at radius 1 is 0.957 bits per heavy atom. The molecule has 1 saturated carbocycles. The molecule has 5 nitrogen and oxygen atoms in total. The third kappa shape index (κ3) is 5.08. The van der Waals surface area contributed by atoms with Gasteiger partial charge >= 0.3 is 6.03 Å². The number of β-amino-alcohol motifs (C(OH)–C–C–N with tert-alkyl or cyclic N) is 1. The Bertz CT molecular complexity index is 376. The number of carbonyl (C=O) groups excluding carboxylic acids is 1. The maximum Gasteiger partial charge on any atom is 0.317 e. The minimum atomic E-state index is -0.341. The van der Waals surface area contributed by atoms with Crippen LogP contribution in [-0.4, -0.2) is 65.8 Å². The molecule has 2 aliphatic heterocycles. The second kappa shape index (κ2) is 8.34. The van der Waals surface area contributed by atoms with E-state index in [1.165, 1.54) is 38.6 Å². The Morgan fingerprint density at radius 3 is 2.39 bits per heavy atom. The van der Waals surface area contributed by atoms with Gasteiger partial charge in [0.25, 0.3) is 0 Å². The van der Waals surface area contributed by atoms with Gasteiger partial charge in [-0.15, -0.1) is 0 Å². The van der Waals surface area contributed by atoms with Gasteiger partial charge in [-0.2, -0.15) is 0 Å². The summed E-state index contributed by atoms with van der Waals surface area (Å²) in [4.78, 5) is 16.7. The van der Waals surface area contributed by atoms with E-state index < -0.39 is 0 Å². The third-order valence-corrected chi connectivity index (χ3v) is 5.84. The molecule has 2 heterocycles. The van der Waals surface area contributed by atoms with Crippen molar-refractivity contribution in [3.05, 3.63) is 0 Å². The lowest BCUT2D eigenvalue weighted by atomic mass is 9.88. The molecule has 0 bridgehead atoms. The molecule has 1 atom stereocenters. The van der Waals surface area contributed by atoms with Crippen molar-refractivity contribution in [1.29, 1.82) is 0 Å². The highest BCUT2D eigenvalue weighted by Crippen LogP contribution is 2.25. The zero-order valence-corrected chi connectivity index (χ0v) is 14.4. The summed E-state index contributed by atoms with van der Waals surface area (Å²) in [5.74, 6) is 0.907. The zero-order chi connectivity index (χ0) is 16.1. The van der Waals surface area contributed by atoms with Gasteiger partial charge in [0.1, 0.15) is 0 Å². The zero-order valence-electron chi connectivity index (χ0n) is 14.4. The molecule has 0 aromatic rings. The molecule has 2 saturated heterocycles. The summed E-state index contributed by atoms with van der Waals surface area (Å²) in [5, 5.41) is 12.9. The normalized spacial score (nSPS) is 28.7. The predicted molar refractivity (Wildman–Crippen MR) is 91.4 cm³/mol. The van der Waals surface area contributed by atoms with Crippen molar-refractivity contribution >= 4 is 6.03 Å². The Hall–Kier alpha value is -0.810. The Balaban J connectivity index is 1.36. The monoisotopic (exact) mass is 323 g/mol. The van der Waals surface area contributed by atoms with Gasteiger partial charge in [0.05, 0.1) is 6.10 Å². The number of likely N-dealkylation sites (tertiary alicyclic amines) is 2. The number of rotatable bonds is 3. The first kappa shape index (κ1) is 17.0. The number of nitrogens with zero attached hydrogens (tertiary/aromatic N) is 2. The first-order valence-electron chi connectivity index (χ1n) is 9.66. The molecule has 0 aromatic heterocycles. The molecule has 3 rings (SSSR count). The Labute approximate surface area is 140 Å². The van der Waals surface area contributed by atoms with Gasteiger partial charge in [-0.25, -0.2) is 4.79 Å². The highest BCUT2D eigenvalue weighted by molar-refractivity contribution is 5.74. The Morgan fingerprint density at radius 2 is 1.70 bits per heavy atom. The van der Waals surface area contributed by atoms with E-state index in [1.807, 2.05) is 0 Å². The summed E-state index contributed by atoms with van der Waals surface area (Å²) >= 11 is 0. The van der Waals surface area contributed by atoms with Crippen LogP contribution in [0.25, 0.3) is 0 Å². The van der Waals surface area contributed by atoms with Crippen LogP contribution in [-0.2, 0) is 0 Å². The topological polar surface area (TPSA) is 55.8 Å². The van der Waals surface area contributed by atoms with Gasteiger partial charge in [-0.3, -0.25) is 0 Å². The van der Waals surface area contributed by atoms with Crippen LogP contribution in [0.4, 0.5) is 4.79 Å². The molecular formula is C18H33N3O2. The molecule has 5 heteroatoms. The molecular weight excluding hydrogens is 290 g/mol. The molecule has 3 aliphatic rings. The molecule has 2 N–H and O–H groups in total. The van der Waals surface area contributed by atoms with E-state index in [1.54, 1.807) is 4.90 Å². The summed E-state index contributed by atoms with van der Waals surface area (Å²) < 4.78 is 0. The number of amides is 2. The van der Waals surface area contributed by atoms with Crippen molar-refractivity contribution in [2.24, 2.45) is 5.92 Å². The SMILES string of the molecule is O=C(NC1CCN(CC2CCCCC2)CC1)N1CCCC(O)C1. The van der Waals surface area contributed by atoms with Crippen LogP contribution < -0.4 is 5.32 Å². The fourth-order valence-corrected chi connectivity index (χ4v) is 4.40. The molecule has 23 heavy (non-hydrogen) atoms. The van der Waals surface area contributed by atoms with Crippen LogP contribution in [0, 0.1) is 5.92 Å². The highest BCUT2D eigenvalue weighted by Gasteiger charge is 2.27. The van der Waals surface area contributed by atoms with Crippen molar-refractivity contribution in [2.45, 2.75) is 69.9 Å². The number of hydrogen-bond donors (Lipinski definition) is 2. The number of urea groups is 1. The van der Waals surface area contributed by atoms with Gasteiger partial charge in [0, 0.05) is 38.8 Å². The average Bonchev–Trinajstić information content (AvgIpc) is 2.57. The summed E-state index contributed by atoms with van der Waals surface area (Å²) in [6.07, 6.45) is 10.6. The van der Waals surface area contributed by atoms with E-state index in [9.17, 15) is 9.90 Å². The van der Waals surface area contributed by atoms with Crippen molar-refractivity contribution in [3.63, 3.8) is 0 Å². The lowest BCUT2D eigenvalue weighted by Crippen LogP contribution is -2.52. The molecule has 1 unspecified atom stereocenters. The second-order valence-corrected chi connectivity index (χ2v) is 7.77. The summed E-state index contributed by atoms with van der Waals surface area (Å²) in [6.45, 7) is 4.77. The van der Waals surface area contributed by atoms with Crippen molar-refractivity contribution < 1.29 is 9.90 Å². The second-order valence-electron chi connectivity index (χ2n) is 7.77. The molecule has 0 spiro atoms. The van der Waals surface area contributed by atoms with Crippen LogP contribution in [0.15, 0.2) is 0 Å². The number of hydrogen-bond acceptors (Lipinski definition) is 3. The first-order valence-corrected chi connectivity index (χ1v) is 9.66. The van der Waals surface area contributed by atoms with Crippen molar-refractivity contribution in [2.75, 3.05) is 32.7 Å². The summed E-state index contributed by atoms with van der Waals surface area (Å²) in [5.41, 5.74) is 0. The minimum Gasteiger partial charge on any atom is -0.391 e. The van der Waals surface area contributed by atoms with Crippen LogP contribution in [0.3, 0.4) is 0 Å². The van der Waals surface area contributed by atoms with Crippen LogP contribution in [0.1, 0.15) is 57.8 Å². The van der Waals surface area contributed by atoms with Crippen LogP contribution >= 0.6 is 0 Å². The fraction of sp³-hybridized carbons (Fsp3) is 0.944. The molecule has 0 radical (unpaired) electrons. The number of carbonyl (C=O) groups is 1. The number of piperidine rings is 2. The standard InChI is InChI=1S/C18H33N3O2/c22-17-7-4-10-21(14-17)18(23)19-16-8-11-20(12-9-16)13-15-5-2-1-3-6-15/h15-17,22H,1-14H2,(H,19,23). The molecule has 132 valence electrons. The molecule has 1 aliphatic carbocycles. The van der Waals surface area contributed by atoms with E-state index >= 15 is 0 Å². The maximum absolute atomic E-state index is 12.3. The van der Waals surface area contributed by atoms with Gasteiger partial charge in [-0.1, -0.05) is 19.3 Å². The number of aliphatic hydroxyl groups is 1. The quantitative estimate of drug-likeness (QED) is 0.837. The van der Waals surface area contributed by atoms with Gasteiger partial charge in [0.15, 0.2) is 0 Å². The van der Waals surface area contributed by atoms with Crippen LogP contribution in [0.2, 0.25) is 0 Å². The lowest BCUT2D eigenvalue weighted by molar-refractivity contribution is 0.0813. The highest BCUT2D eigenvalue weighted by atomic mass is 16.3. The van der Waals surface area contributed by atoms with E-state index in [-0.39, 0.29) is 12.1 Å². The van der Waals surface area contributed by atoms with Gasteiger partial charge < -0.3 is 20.2 Å².